The van der Waals surface area contributed by atoms with Gasteiger partial charge in [0.25, 0.3) is 0 Å². The van der Waals surface area contributed by atoms with Crippen molar-refractivity contribution >= 4 is 11.9 Å². The third-order valence-electron chi connectivity index (χ3n) is 4.54. The van der Waals surface area contributed by atoms with Gasteiger partial charge in [0, 0.05) is 43.6 Å². The fourth-order valence-electron chi connectivity index (χ4n) is 3.35. The summed E-state index contributed by atoms with van der Waals surface area (Å²) in [7, 11) is 0. The second kappa shape index (κ2) is 7.18. The van der Waals surface area contributed by atoms with Gasteiger partial charge >= 0.3 is 35.5 Å². The molecule has 1 fully saturated rings. The van der Waals surface area contributed by atoms with Crippen molar-refractivity contribution in [1.29, 1.82) is 0 Å². The molecule has 0 unspecified atom stereocenters. The number of hydrogen-bond donors (Lipinski definition) is 0. The molecule has 5 nitrogen and oxygen atoms in total. The van der Waals surface area contributed by atoms with Gasteiger partial charge in [0.15, 0.2) is 0 Å². The SMILES string of the molecule is CC1=C(C(=O)[O-])C2(CCN(Cc3ccccc3)CC2)OC1=O.[Na+]. The first kappa shape index (κ1) is 18.2. The van der Waals surface area contributed by atoms with Gasteiger partial charge in [-0.1, -0.05) is 30.3 Å². The number of carboxylic acid groups (broad SMARTS) is 1. The van der Waals surface area contributed by atoms with Crippen LogP contribution in [0.5, 0.6) is 0 Å². The van der Waals surface area contributed by atoms with Crippen molar-refractivity contribution < 1.29 is 49.0 Å². The zero-order valence-corrected chi connectivity index (χ0v) is 15.5. The Labute approximate surface area is 157 Å². The van der Waals surface area contributed by atoms with E-state index in [1.54, 1.807) is 0 Å². The van der Waals surface area contributed by atoms with E-state index in [0.29, 0.717) is 25.9 Å². The first-order valence-corrected chi connectivity index (χ1v) is 7.44. The van der Waals surface area contributed by atoms with Gasteiger partial charge in [-0.15, -0.1) is 0 Å². The van der Waals surface area contributed by atoms with Crippen LogP contribution in [0.2, 0.25) is 0 Å². The summed E-state index contributed by atoms with van der Waals surface area (Å²) >= 11 is 0. The van der Waals surface area contributed by atoms with Gasteiger partial charge in [-0.3, -0.25) is 4.90 Å². The van der Waals surface area contributed by atoms with Crippen LogP contribution < -0.4 is 34.7 Å². The van der Waals surface area contributed by atoms with Crippen LogP contribution in [0, 0.1) is 0 Å². The molecule has 2 aliphatic rings. The molecule has 3 rings (SSSR count). The Morgan fingerprint density at radius 3 is 2.43 bits per heavy atom. The second-order valence-corrected chi connectivity index (χ2v) is 5.93. The maximum absolute atomic E-state index is 11.8. The van der Waals surface area contributed by atoms with E-state index in [2.05, 4.69) is 17.0 Å². The number of esters is 1. The van der Waals surface area contributed by atoms with Crippen LogP contribution in [0.25, 0.3) is 0 Å². The molecule has 6 heteroatoms. The van der Waals surface area contributed by atoms with Gasteiger partial charge < -0.3 is 14.6 Å². The summed E-state index contributed by atoms with van der Waals surface area (Å²) in [6.45, 7) is 3.69. The normalized spacial score (nSPS) is 20.3. The molecule has 1 spiro atoms. The molecular weight excluding hydrogens is 305 g/mol. The third-order valence-corrected chi connectivity index (χ3v) is 4.54. The minimum absolute atomic E-state index is 0. The number of likely N-dealkylation sites (tertiary alicyclic amines) is 1. The van der Waals surface area contributed by atoms with Gasteiger partial charge in [-0.05, 0) is 12.5 Å². The average molecular weight is 323 g/mol. The Hall–Kier alpha value is -1.14. The first-order chi connectivity index (χ1) is 10.5. The number of benzene rings is 1. The number of carboxylic acids is 1. The number of hydrogen-bond acceptors (Lipinski definition) is 5. The molecule has 0 N–H and O–H groups in total. The van der Waals surface area contributed by atoms with E-state index in [-0.39, 0.29) is 40.7 Å². The molecule has 0 saturated carbocycles. The van der Waals surface area contributed by atoms with E-state index in [9.17, 15) is 14.7 Å². The summed E-state index contributed by atoms with van der Waals surface area (Å²) < 4.78 is 5.41. The quantitative estimate of drug-likeness (QED) is 0.460. The third kappa shape index (κ3) is 3.53. The standard InChI is InChI=1S/C17H19NO4.Na/c1-12-14(15(19)20)17(22-16(12)21)7-9-18(10-8-17)11-13-5-3-2-4-6-13;/h2-6H,7-11H2,1H3,(H,19,20);/q;+1/p-1. The molecule has 1 aromatic carbocycles. The smallest absolute Gasteiger partial charge is 0.545 e. The predicted molar refractivity (Wildman–Crippen MR) is 77.5 cm³/mol. The molecule has 23 heavy (non-hydrogen) atoms. The zero-order valence-electron chi connectivity index (χ0n) is 13.5. The van der Waals surface area contributed by atoms with E-state index in [1.807, 2.05) is 18.2 Å². The van der Waals surface area contributed by atoms with E-state index < -0.39 is 17.5 Å². The topological polar surface area (TPSA) is 69.7 Å². The van der Waals surface area contributed by atoms with E-state index in [4.69, 9.17) is 4.74 Å². The van der Waals surface area contributed by atoms with Crippen molar-refractivity contribution in [2.45, 2.75) is 31.9 Å². The maximum atomic E-state index is 11.8. The Bertz CT molecular complexity index is 633. The molecule has 0 amide bonds. The molecule has 0 radical (unpaired) electrons. The van der Waals surface area contributed by atoms with Crippen molar-refractivity contribution in [2.75, 3.05) is 13.1 Å². The van der Waals surface area contributed by atoms with Gasteiger partial charge in [-0.2, -0.15) is 0 Å². The summed E-state index contributed by atoms with van der Waals surface area (Å²) in [6, 6.07) is 10.1. The molecule has 2 aliphatic heterocycles. The summed E-state index contributed by atoms with van der Waals surface area (Å²) in [6.07, 6.45) is 0.985. The van der Waals surface area contributed by atoms with E-state index in [0.717, 1.165) is 6.54 Å². The number of ether oxygens (including phenoxy) is 1. The van der Waals surface area contributed by atoms with Crippen LogP contribution in [0.3, 0.4) is 0 Å². The monoisotopic (exact) mass is 323 g/mol. The number of nitrogens with zero attached hydrogens (tertiary/aromatic N) is 1. The van der Waals surface area contributed by atoms with Crippen LogP contribution in [0.15, 0.2) is 41.5 Å². The maximum Gasteiger partial charge on any atom is 1.00 e. The Balaban J connectivity index is 0.00000192. The van der Waals surface area contributed by atoms with E-state index >= 15 is 0 Å². The molecule has 2 heterocycles. The predicted octanol–water partition coefficient (Wildman–Crippen LogP) is -2.35. The number of carbonyl (C=O) groups excluding carboxylic acids is 2. The van der Waals surface area contributed by atoms with Gasteiger partial charge in [0.2, 0.25) is 0 Å². The van der Waals surface area contributed by atoms with Gasteiger partial charge in [-0.25, -0.2) is 4.79 Å². The van der Waals surface area contributed by atoms with Crippen LogP contribution in [-0.2, 0) is 20.9 Å². The fourth-order valence-corrected chi connectivity index (χ4v) is 3.35. The Morgan fingerprint density at radius 2 is 1.87 bits per heavy atom. The fraction of sp³-hybridized carbons (Fsp3) is 0.412. The molecule has 116 valence electrons. The number of piperidine rings is 1. The van der Waals surface area contributed by atoms with Crippen LogP contribution in [-0.4, -0.2) is 35.5 Å². The summed E-state index contributed by atoms with van der Waals surface area (Å²) in [5.74, 6) is -1.82. The molecule has 0 atom stereocenters. The Kier molecular flexibility index (Phi) is 5.68. The first-order valence-electron chi connectivity index (χ1n) is 7.44. The van der Waals surface area contributed by atoms with Crippen molar-refractivity contribution in [2.24, 2.45) is 0 Å². The van der Waals surface area contributed by atoms with Crippen molar-refractivity contribution in [3.63, 3.8) is 0 Å². The number of aliphatic carboxylic acids is 1. The molecule has 1 saturated heterocycles. The van der Waals surface area contributed by atoms with Crippen LogP contribution in [0.4, 0.5) is 0 Å². The van der Waals surface area contributed by atoms with Gasteiger partial charge in [0.05, 0.1) is 5.97 Å². The van der Waals surface area contributed by atoms with Crippen molar-refractivity contribution in [1.82, 2.24) is 4.90 Å². The number of rotatable bonds is 3. The molecule has 0 aliphatic carbocycles. The zero-order chi connectivity index (χ0) is 15.7. The van der Waals surface area contributed by atoms with Crippen LogP contribution >= 0.6 is 0 Å². The molecule has 0 bridgehead atoms. The summed E-state index contributed by atoms with van der Waals surface area (Å²) in [4.78, 5) is 25.4. The van der Waals surface area contributed by atoms with Crippen molar-refractivity contribution in [3.8, 4) is 0 Å². The van der Waals surface area contributed by atoms with Gasteiger partial charge in [0.1, 0.15) is 5.60 Å². The molecule has 0 aromatic heterocycles. The minimum Gasteiger partial charge on any atom is -0.545 e. The van der Waals surface area contributed by atoms with Crippen molar-refractivity contribution in [3.05, 3.63) is 47.0 Å². The minimum atomic E-state index is -1.29. The number of carbonyl (C=O) groups is 2. The van der Waals surface area contributed by atoms with Crippen LogP contribution in [0.1, 0.15) is 25.3 Å². The Morgan fingerprint density at radius 1 is 1.26 bits per heavy atom. The largest absolute Gasteiger partial charge is 1.00 e. The molecular formula is C17H18NNaO4. The summed E-state index contributed by atoms with van der Waals surface area (Å²) in [5.41, 5.74) is 0.440. The summed E-state index contributed by atoms with van der Waals surface area (Å²) in [5, 5.41) is 11.4. The second-order valence-electron chi connectivity index (χ2n) is 5.93. The van der Waals surface area contributed by atoms with E-state index in [1.165, 1.54) is 12.5 Å². The molecule has 1 aromatic rings. The average Bonchev–Trinajstić information content (AvgIpc) is 2.74.